The number of benzene rings is 1. The maximum Gasteiger partial charge on any atom is 0.306 e. The quantitative estimate of drug-likeness (QED) is 0.241. The average Bonchev–Trinajstić information content (AvgIpc) is 3.13. The van der Waals surface area contributed by atoms with Gasteiger partial charge in [0, 0.05) is 11.9 Å². The number of nitrogens with zero attached hydrogens (tertiary/aromatic N) is 2. The van der Waals surface area contributed by atoms with Crippen molar-refractivity contribution in [3.8, 4) is 0 Å². The Hall–Kier alpha value is -2.94. The lowest BCUT2D eigenvalue weighted by molar-refractivity contribution is -0.143. The van der Waals surface area contributed by atoms with E-state index in [0.717, 1.165) is 18.4 Å². The van der Waals surface area contributed by atoms with E-state index in [-0.39, 0.29) is 29.4 Å². The fourth-order valence-corrected chi connectivity index (χ4v) is 3.39. The van der Waals surface area contributed by atoms with Crippen LogP contribution in [0.3, 0.4) is 0 Å². The molecule has 2 aromatic rings. The number of guanidine groups is 1. The number of hydrogen-bond acceptors (Lipinski definition) is 6. The zero-order valence-electron chi connectivity index (χ0n) is 15.8. The van der Waals surface area contributed by atoms with Crippen LogP contribution in [-0.4, -0.2) is 36.0 Å². The van der Waals surface area contributed by atoms with Crippen LogP contribution >= 0.6 is 11.3 Å². The summed E-state index contributed by atoms with van der Waals surface area (Å²) < 4.78 is 5.08. The summed E-state index contributed by atoms with van der Waals surface area (Å²) in [5.41, 5.74) is 12.0. The molecule has 0 aliphatic carbocycles. The van der Waals surface area contributed by atoms with Crippen molar-refractivity contribution in [1.82, 2.24) is 10.3 Å². The summed E-state index contributed by atoms with van der Waals surface area (Å²) in [7, 11) is 0. The Morgan fingerprint density at radius 2 is 2.04 bits per heavy atom. The number of esters is 1. The van der Waals surface area contributed by atoms with Crippen LogP contribution in [0.25, 0.3) is 0 Å². The highest BCUT2D eigenvalue weighted by atomic mass is 32.1. The van der Waals surface area contributed by atoms with Gasteiger partial charge in [0.05, 0.1) is 13.0 Å². The first-order valence-corrected chi connectivity index (χ1v) is 9.91. The van der Waals surface area contributed by atoms with Crippen molar-refractivity contribution in [2.45, 2.75) is 32.1 Å². The second-order valence-corrected chi connectivity index (χ2v) is 6.90. The van der Waals surface area contributed by atoms with E-state index in [0.29, 0.717) is 24.7 Å². The summed E-state index contributed by atoms with van der Waals surface area (Å²) in [5, 5.41) is 4.77. The number of amides is 1. The summed E-state index contributed by atoms with van der Waals surface area (Å²) in [6.45, 7) is 2.63. The van der Waals surface area contributed by atoms with Crippen molar-refractivity contribution in [3.63, 3.8) is 0 Å². The number of nitrogens with two attached hydrogens (primary N) is 2. The Balaban J connectivity index is 1.86. The molecule has 1 aromatic carbocycles. The highest BCUT2D eigenvalue weighted by Gasteiger charge is 2.17. The van der Waals surface area contributed by atoms with Gasteiger partial charge in [-0.3, -0.25) is 9.59 Å². The number of carbonyl (C=O) groups excluding carboxylic acids is 2. The molecule has 1 unspecified atom stereocenters. The Kier molecular flexibility index (Phi) is 8.41. The van der Waals surface area contributed by atoms with Gasteiger partial charge in [0.25, 0.3) is 5.91 Å². The van der Waals surface area contributed by atoms with Gasteiger partial charge in [0.2, 0.25) is 5.13 Å². The van der Waals surface area contributed by atoms with Crippen LogP contribution in [0.2, 0.25) is 0 Å². The van der Waals surface area contributed by atoms with Gasteiger partial charge < -0.3 is 21.5 Å². The molecule has 0 saturated carbocycles. The largest absolute Gasteiger partial charge is 0.466 e. The summed E-state index contributed by atoms with van der Waals surface area (Å²) in [6, 6.07) is 9.85. The van der Waals surface area contributed by atoms with E-state index in [9.17, 15) is 9.59 Å². The molecule has 8 nitrogen and oxygen atoms in total. The summed E-state index contributed by atoms with van der Waals surface area (Å²) in [4.78, 5) is 32.0. The Labute approximate surface area is 168 Å². The summed E-state index contributed by atoms with van der Waals surface area (Å²) in [5.74, 6) is -0.551. The lowest BCUT2D eigenvalue weighted by Gasteiger charge is -2.16. The molecule has 0 aliphatic rings. The fourth-order valence-electron chi connectivity index (χ4n) is 2.70. The first-order chi connectivity index (χ1) is 13.5. The third-order valence-corrected chi connectivity index (χ3v) is 4.69. The van der Waals surface area contributed by atoms with Crippen molar-refractivity contribution in [2.24, 2.45) is 16.5 Å². The highest BCUT2D eigenvalue weighted by Crippen LogP contribution is 2.25. The first-order valence-electron chi connectivity index (χ1n) is 9.03. The average molecular weight is 404 g/mol. The summed E-state index contributed by atoms with van der Waals surface area (Å²) in [6.07, 6.45) is 1.79. The minimum absolute atomic E-state index is 0.0462. The molecule has 150 valence electrons. The van der Waals surface area contributed by atoms with Gasteiger partial charge in [-0.2, -0.15) is 4.99 Å². The second-order valence-electron chi connectivity index (χ2n) is 6.07. The molecule has 28 heavy (non-hydrogen) atoms. The SMILES string of the molecule is CCOC(=O)CC(CCCNC(=O)c1csc(N=C(N)N)n1)c1ccccc1. The topological polar surface area (TPSA) is 133 Å². The second kappa shape index (κ2) is 11.0. The third-order valence-electron chi connectivity index (χ3n) is 3.95. The van der Waals surface area contributed by atoms with Gasteiger partial charge in [0.1, 0.15) is 5.69 Å². The van der Waals surface area contributed by atoms with Crippen molar-refractivity contribution >= 4 is 34.3 Å². The number of rotatable bonds is 10. The number of carbonyl (C=O) groups is 2. The van der Waals surface area contributed by atoms with E-state index in [1.165, 1.54) is 11.3 Å². The maximum atomic E-state index is 12.2. The predicted molar refractivity (Wildman–Crippen MR) is 110 cm³/mol. The van der Waals surface area contributed by atoms with Gasteiger partial charge in [0.15, 0.2) is 5.96 Å². The van der Waals surface area contributed by atoms with E-state index < -0.39 is 0 Å². The number of aliphatic imine (C=N–C) groups is 1. The monoisotopic (exact) mass is 403 g/mol. The van der Waals surface area contributed by atoms with E-state index in [1.54, 1.807) is 12.3 Å². The zero-order chi connectivity index (χ0) is 20.4. The van der Waals surface area contributed by atoms with Crippen LogP contribution in [0.1, 0.15) is 48.2 Å². The molecule has 2 rings (SSSR count). The van der Waals surface area contributed by atoms with Crippen LogP contribution in [-0.2, 0) is 9.53 Å². The molecule has 1 heterocycles. The standard InChI is InChI=1S/C19H25N5O3S/c1-2-27-16(25)11-14(13-7-4-3-5-8-13)9-6-10-22-17(26)15-12-28-19(23-15)24-18(20)21/h3-5,7-8,12,14H,2,6,9-11H2,1H3,(H,22,26)(H4,20,21,23,24). The molecule has 0 bridgehead atoms. The molecule has 0 fully saturated rings. The normalized spacial score (nSPS) is 11.5. The Morgan fingerprint density at radius 3 is 2.71 bits per heavy atom. The number of nitrogens with one attached hydrogen (secondary N) is 1. The van der Waals surface area contributed by atoms with E-state index in [1.807, 2.05) is 30.3 Å². The van der Waals surface area contributed by atoms with Gasteiger partial charge >= 0.3 is 5.97 Å². The molecule has 9 heteroatoms. The van der Waals surface area contributed by atoms with Crippen molar-refractivity contribution < 1.29 is 14.3 Å². The fraction of sp³-hybridized carbons (Fsp3) is 0.368. The van der Waals surface area contributed by atoms with Gasteiger partial charge in [-0.25, -0.2) is 4.98 Å². The van der Waals surface area contributed by atoms with Gasteiger partial charge in [-0.15, -0.1) is 11.3 Å². The molecule has 0 aliphatic heterocycles. The smallest absolute Gasteiger partial charge is 0.306 e. The molecule has 1 atom stereocenters. The van der Waals surface area contributed by atoms with Gasteiger partial charge in [-0.1, -0.05) is 30.3 Å². The van der Waals surface area contributed by atoms with Crippen LogP contribution in [0, 0.1) is 0 Å². The highest BCUT2D eigenvalue weighted by molar-refractivity contribution is 7.13. The van der Waals surface area contributed by atoms with Crippen molar-refractivity contribution in [1.29, 1.82) is 0 Å². The molecule has 5 N–H and O–H groups in total. The van der Waals surface area contributed by atoms with E-state index in [2.05, 4.69) is 15.3 Å². The number of ether oxygens (including phenoxy) is 1. The molecule has 0 radical (unpaired) electrons. The van der Waals surface area contributed by atoms with Crippen LogP contribution in [0.15, 0.2) is 40.7 Å². The minimum Gasteiger partial charge on any atom is -0.466 e. The minimum atomic E-state index is -0.282. The molecule has 1 aromatic heterocycles. The lowest BCUT2D eigenvalue weighted by Crippen LogP contribution is -2.25. The van der Waals surface area contributed by atoms with E-state index in [4.69, 9.17) is 16.2 Å². The van der Waals surface area contributed by atoms with Crippen molar-refractivity contribution in [2.75, 3.05) is 13.2 Å². The third kappa shape index (κ3) is 6.99. The molecular formula is C19H25N5O3S. The Bertz CT molecular complexity index is 803. The maximum absolute atomic E-state index is 12.2. The van der Waals surface area contributed by atoms with Crippen LogP contribution < -0.4 is 16.8 Å². The molecular weight excluding hydrogens is 378 g/mol. The number of aromatic nitrogens is 1. The molecule has 1 amide bonds. The first kappa shape index (κ1) is 21.4. The lowest BCUT2D eigenvalue weighted by atomic mass is 9.91. The molecule has 0 spiro atoms. The van der Waals surface area contributed by atoms with Crippen LogP contribution in [0.4, 0.5) is 5.13 Å². The Morgan fingerprint density at radius 1 is 1.29 bits per heavy atom. The van der Waals surface area contributed by atoms with Crippen molar-refractivity contribution in [3.05, 3.63) is 47.0 Å². The number of hydrogen-bond donors (Lipinski definition) is 3. The predicted octanol–water partition coefficient (Wildman–Crippen LogP) is 2.29. The summed E-state index contributed by atoms with van der Waals surface area (Å²) >= 11 is 1.19. The van der Waals surface area contributed by atoms with E-state index >= 15 is 0 Å². The van der Waals surface area contributed by atoms with Crippen LogP contribution in [0.5, 0.6) is 0 Å². The molecule has 0 saturated heterocycles. The number of thiazole rings is 1. The van der Waals surface area contributed by atoms with Gasteiger partial charge in [-0.05, 0) is 31.2 Å². The zero-order valence-corrected chi connectivity index (χ0v) is 16.6.